The van der Waals surface area contributed by atoms with Crippen molar-refractivity contribution in [1.29, 1.82) is 0 Å². The van der Waals surface area contributed by atoms with E-state index in [-0.39, 0.29) is 22.7 Å². The predicted octanol–water partition coefficient (Wildman–Crippen LogP) is 7.70. The third-order valence-electron chi connectivity index (χ3n) is 11.3. The van der Waals surface area contributed by atoms with Gasteiger partial charge in [0.05, 0.1) is 26.1 Å². The van der Waals surface area contributed by atoms with Crippen molar-refractivity contribution in [1.82, 2.24) is 29.1 Å². The average molecular weight is 994 g/mol. The fourth-order valence-corrected chi connectivity index (χ4v) is 12.1. The number of hydrogen-bond acceptors (Lipinski definition) is 17. The van der Waals surface area contributed by atoms with Crippen LogP contribution in [0.15, 0.2) is 83.0 Å². The predicted molar refractivity (Wildman–Crippen MR) is 240 cm³/mol. The van der Waals surface area contributed by atoms with Crippen molar-refractivity contribution >= 4 is 43.0 Å². The summed E-state index contributed by atoms with van der Waals surface area (Å²) in [5.74, 6) is 1.77. The number of fused-ring (bicyclic) bond motifs is 4. The highest BCUT2D eigenvalue weighted by Gasteiger charge is 2.55. The van der Waals surface area contributed by atoms with E-state index in [1.165, 1.54) is 49.4 Å². The first kappa shape index (κ1) is 48.9. The van der Waals surface area contributed by atoms with Gasteiger partial charge in [0.15, 0.2) is 36.3 Å². The zero-order valence-electron chi connectivity index (χ0n) is 36.3. The van der Waals surface area contributed by atoms with Crippen LogP contribution in [-0.4, -0.2) is 90.5 Å². The zero-order valence-corrected chi connectivity index (χ0v) is 38.9. The lowest BCUT2D eigenvalue weighted by Crippen LogP contribution is -2.37. The minimum absolute atomic E-state index is 0.000532. The maximum absolute atomic E-state index is 16.8. The molecule has 67 heavy (non-hydrogen) atoms. The number of rotatable bonds is 17. The van der Waals surface area contributed by atoms with Crippen LogP contribution in [0.4, 0.5) is 14.6 Å². The van der Waals surface area contributed by atoms with E-state index in [0.717, 1.165) is 41.7 Å². The third-order valence-corrected chi connectivity index (χ3v) is 15.9. The summed E-state index contributed by atoms with van der Waals surface area (Å²) >= 11 is 0.646. The standard InChI is InChI=1S/C42H51F2N7O13P2S/c1-2-3-4-5-6-7-8-9-20-57-27-14-16-29(17-15-27)60-28-12-10-26(11-13-28)23-67-66(56)59-21-30-33(43)37(41(61-30)50-19-18-32(52)49-42(50)53)63-65(54,55)58-22-31-36(64-66)34(44)40(62-31)51-25-48-35-38(45)46-24-47-39(35)51/h10-19,24-25,30-31,33-34,36-37,40-41H,2-9,20-23H2,1H3,(H,54,55)(H2,45,46,47)(H,49,52,53)/t30-,31-,33-,34-,36-,37-,40-,41-,66?/m1/s1. The Labute approximate surface area is 386 Å². The van der Waals surface area contributed by atoms with Gasteiger partial charge in [-0.1, -0.05) is 64.0 Å². The van der Waals surface area contributed by atoms with Gasteiger partial charge in [-0.05, 0) is 59.8 Å². The second kappa shape index (κ2) is 21.8. The topological polar surface area (TPSA) is 253 Å². The van der Waals surface area contributed by atoms with Crippen LogP contribution in [0, 0.1) is 0 Å². The molecule has 3 fully saturated rings. The number of imidazole rings is 1. The van der Waals surface area contributed by atoms with Crippen molar-refractivity contribution < 1.29 is 59.8 Å². The number of phosphoric acid groups is 1. The number of aromatic amines is 1. The molecular weight excluding hydrogens is 943 g/mol. The number of H-pyrrole nitrogens is 1. The monoisotopic (exact) mass is 993 g/mol. The van der Waals surface area contributed by atoms with E-state index in [1.807, 2.05) is 17.1 Å². The number of nitrogen functional groups attached to an aromatic ring is 1. The number of nitrogens with zero attached hydrogens (tertiary/aromatic N) is 5. The van der Waals surface area contributed by atoms with Crippen LogP contribution >= 0.6 is 26.0 Å². The van der Waals surface area contributed by atoms with Gasteiger partial charge >= 0.3 is 20.3 Å². The number of nitrogens with two attached hydrogens (primary N) is 1. The minimum Gasteiger partial charge on any atom is -0.494 e. The number of anilines is 1. The van der Waals surface area contributed by atoms with Crippen molar-refractivity contribution in [2.45, 2.75) is 113 Å². The van der Waals surface area contributed by atoms with Crippen LogP contribution < -0.4 is 26.5 Å². The normalized spacial score (nSPS) is 28.9. The van der Waals surface area contributed by atoms with E-state index >= 15 is 8.78 Å². The zero-order chi connectivity index (χ0) is 47.1. The maximum atomic E-state index is 16.8. The van der Waals surface area contributed by atoms with Crippen molar-refractivity contribution in [3.63, 3.8) is 0 Å². The largest absolute Gasteiger partial charge is 0.494 e. The van der Waals surface area contributed by atoms with E-state index in [4.69, 9.17) is 42.8 Å². The molecule has 25 heteroatoms. The second-order valence-electron chi connectivity index (χ2n) is 16.1. The smallest absolute Gasteiger partial charge is 0.472 e. The molecule has 2 aromatic carbocycles. The lowest BCUT2D eigenvalue weighted by molar-refractivity contribution is -0.0652. The van der Waals surface area contributed by atoms with Gasteiger partial charge in [0, 0.05) is 18.0 Å². The number of halogens is 2. The summed E-state index contributed by atoms with van der Waals surface area (Å²) < 4.78 is 109. The van der Waals surface area contributed by atoms with E-state index in [2.05, 4.69) is 21.9 Å². The Morgan fingerprint density at radius 2 is 1.48 bits per heavy atom. The molecule has 0 spiro atoms. The van der Waals surface area contributed by atoms with Crippen molar-refractivity contribution in [2.24, 2.45) is 0 Å². The molecule has 0 aliphatic carbocycles. The average Bonchev–Trinajstić information content (AvgIpc) is 3.97. The third kappa shape index (κ3) is 12.0. The van der Waals surface area contributed by atoms with Crippen LogP contribution in [-0.2, 0) is 42.5 Å². The van der Waals surface area contributed by atoms with Crippen molar-refractivity contribution in [3.8, 4) is 17.2 Å². The summed E-state index contributed by atoms with van der Waals surface area (Å²) in [6.45, 7) is -3.51. The molecule has 10 atom stereocenters. The number of phosphoric ester groups is 1. The minimum atomic E-state index is -5.29. The van der Waals surface area contributed by atoms with Crippen LogP contribution in [0.3, 0.4) is 0 Å². The molecule has 4 N–H and O–H groups in total. The number of unbranched alkanes of at least 4 members (excludes halogenated alkanes) is 7. The molecular formula is C42H51F2N7O13P2S. The number of benzene rings is 2. The van der Waals surface area contributed by atoms with Gasteiger partial charge in [0.25, 0.3) is 5.56 Å². The molecule has 0 radical (unpaired) electrons. The van der Waals surface area contributed by atoms with Gasteiger partial charge in [-0.2, -0.15) is 0 Å². The quantitative estimate of drug-likeness (QED) is 0.0596. The van der Waals surface area contributed by atoms with Crippen molar-refractivity contribution in [2.75, 3.05) is 25.6 Å². The molecule has 3 aliphatic heterocycles. The summed E-state index contributed by atoms with van der Waals surface area (Å²) in [7, 11) is -5.29. The Morgan fingerprint density at radius 1 is 0.806 bits per heavy atom. The maximum Gasteiger partial charge on any atom is 0.472 e. The van der Waals surface area contributed by atoms with Crippen LogP contribution in [0.5, 0.6) is 17.2 Å². The number of aromatic nitrogens is 6. The molecule has 3 saturated heterocycles. The highest BCUT2D eigenvalue weighted by molar-refractivity contribution is 8.54. The molecule has 0 saturated carbocycles. The lowest BCUT2D eigenvalue weighted by Gasteiger charge is -2.27. The van der Waals surface area contributed by atoms with E-state index in [9.17, 15) is 23.6 Å². The molecule has 3 aliphatic rings. The van der Waals surface area contributed by atoms with E-state index < -0.39 is 88.3 Å². The molecule has 3 aromatic heterocycles. The van der Waals surface area contributed by atoms with E-state index in [1.54, 1.807) is 36.4 Å². The Balaban J connectivity index is 0.971. The summed E-state index contributed by atoms with van der Waals surface area (Å²) in [4.78, 5) is 49.6. The summed E-state index contributed by atoms with van der Waals surface area (Å²) in [5.41, 5.74) is 4.94. The first-order chi connectivity index (χ1) is 32.3. The van der Waals surface area contributed by atoms with Crippen molar-refractivity contribution in [3.05, 3.63) is 99.9 Å². The Hall–Kier alpha value is -4.54. The van der Waals surface area contributed by atoms with Crippen LogP contribution in [0.1, 0.15) is 76.3 Å². The number of ether oxygens (including phenoxy) is 4. The first-order valence-electron chi connectivity index (χ1n) is 21.9. The summed E-state index contributed by atoms with van der Waals surface area (Å²) in [5, 5.41) is 0. The highest BCUT2D eigenvalue weighted by atomic mass is 32.7. The summed E-state index contributed by atoms with van der Waals surface area (Å²) in [6, 6.07) is 15.0. The van der Waals surface area contributed by atoms with Crippen LogP contribution in [0.2, 0.25) is 0 Å². The number of hydrogen-bond donors (Lipinski definition) is 3. The van der Waals surface area contributed by atoms with E-state index in [0.29, 0.717) is 35.1 Å². The Bertz CT molecular complexity index is 2670. The van der Waals surface area contributed by atoms with Crippen LogP contribution in [0.25, 0.3) is 11.2 Å². The number of alkyl halides is 2. The first-order valence-corrected chi connectivity index (χ1v) is 26.5. The molecule has 2 unspecified atom stereocenters. The molecule has 362 valence electrons. The number of nitrogens with one attached hydrogen (secondary N) is 1. The van der Waals surface area contributed by atoms with Gasteiger partial charge in [-0.15, -0.1) is 0 Å². The fourth-order valence-electron chi connectivity index (χ4n) is 7.76. The Morgan fingerprint density at radius 3 is 2.21 bits per heavy atom. The second-order valence-corrected chi connectivity index (χ2v) is 21.5. The molecule has 5 aromatic rings. The molecule has 20 nitrogen and oxygen atoms in total. The fraction of sp³-hybridized carbons (Fsp3) is 0.500. The lowest BCUT2D eigenvalue weighted by atomic mass is 10.1. The highest BCUT2D eigenvalue weighted by Crippen LogP contribution is 2.65. The van der Waals surface area contributed by atoms with Gasteiger partial charge < -0.3 is 29.6 Å². The van der Waals surface area contributed by atoms with Gasteiger partial charge in [-0.25, -0.2) is 37.7 Å². The molecule has 2 bridgehead atoms. The van der Waals surface area contributed by atoms with Gasteiger partial charge in [0.1, 0.15) is 53.5 Å². The van der Waals surface area contributed by atoms with Gasteiger partial charge in [-0.3, -0.25) is 37.0 Å². The Kier molecular flexibility index (Phi) is 15.9. The SMILES string of the molecule is CCCCCCCCCCOc1ccc(Oc2ccc(CSP3(=O)OC[C@H]4O[C@@H](n5ccc(=O)[nH]c5=O)[C@H](OP(=O)(O)OC[C@H]5O[C@@H](n6cnc7c(N)ncnc76)[C@H](F)[C@@H]5O3)[C@@H]4F)cc2)cc1. The molecule has 0 amide bonds. The summed E-state index contributed by atoms with van der Waals surface area (Å²) in [6.07, 6.45) is -1.87. The van der Waals surface area contributed by atoms with Gasteiger partial charge in [0.2, 0.25) is 0 Å². The molecule has 6 heterocycles. The molecule has 8 rings (SSSR count).